The second kappa shape index (κ2) is 6.07. The minimum atomic E-state index is 0.00333. The molecule has 0 saturated heterocycles. The Kier molecular flexibility index (Phi) is 4.68. The van der Waals surface area contributed by atoms with Crippen LogP contribution in [0, 0.1) is 6.92 Å². The topological polar surface area (TPSA) is 29.1 Å². The van der Waals surface area contributed by atoms with Crippen LogP contribution in [-0.2, 0) is 0 Å². The first kappa shape index (κ1) is 13.9. The maximum absolute atomic E-state index is 12.2. The van der Waals surface area contributed by atoms with Gasteiger partial charge in [-0.1, -0.05) is 11.6 Å². The Hall–Kier alpha value is -0.540. The van der Waals surface area contributed by atoms with Crippen LogP contribution in [0.5, 0.6) is 0 Å². The predicted octanol–water partition coefficient (Wildman–Crippen LogP) is 4.04. The van der Waals surface area contributed by atoms with Crippen LogP contribution < -0.4 is 5.32 Å². The van der Waals surface area contributed by atoms with Crippen molar-refractivity contribution >= 4 is 33.4 Å². The molecule has 0 bridgehead atoms. The van der Waals surface area contributed by atoms with Crippen LogP contribution in [0.2, 0.25) is 0 Å². The molecule has 1 amide bonds. The molecule has 0 radical (unpaired) electrons. The third kappa shape index (κ3) is 3.48. The Bertz CT molecular complexity index is 441. The zero-order valence-electron chi connectivity index (χ0n) is 10.4. The lowest BCUT2D eigenvalue weighted by Gasteiger charge is -2.26. The molecule has 0 atom stereocenters. The third-order valence-corrected chi connectivity index (χ3v) is 4.49. The van der Waals surface area contributed by atoms with Crippen LogP contribution in [0.3, 0.4) is 0 Å². The quantitative estimate of drug-likeness (QED) is 0.815. The number of nitrogens with one attached hydrogen (secondary N) is 1. The van der Waals surface area contributed by atoms with Crippen molar-refractivity contribution in [3.05, 3.63) is 33.8 Å². The number of hydrogen-bond acceptors (Lipinski definition) is 1. The summed E-state index contributed by atoms with van der Waals surface area (Å²) in [7, 11) is 0. The van der Waals surface area contributed by atoms with Crippen LogP contribution in [0.25, 0.3) is 0 Å². The van der Waals surface area contributed by atoms with E-state index in [0.717, 1.165) is 35.7 Å². The van der Waals surface area contributed by atoms with Crippen molar-refractivity contribution in [2.24, 2.45) is 0 Å². The highest BCUT2D eigenvalue weighted by Gasteiger charge is 2.22. The molecule has 98 valence electrons. The van der Waals surface area contributed by atoms with E-state index in [1.54, 1.807) is 0 Å². The average molecular weight is 331 g/mol. The second-order valence-corrected chi connectivity index (χ2v) is 6.38. The van der Waals surface area contributed by atoms with Gasteiger partial charge in [-0.15, -0.1) is 11.6 Å². The number of alkyl halides is 1. The van der Waals surface area contributed by atoms with Gasteiger partial charge >= 0.3 is 0 Å². The zero-order chi connectivity index (χ0) is 13.1. The summed E-state index contributed by atoms with van der Waals surface area (Å²) < 4.78 is 0.844. The predicted molar refractivity (Wildman–Crippen MR) is 78.2 cm³/mol. The van der Waals surface area contributed by atoms with Crippen LogP contribution in [0.15, 0.2) is 22.7 Å². The molecule has 0 aliphatic heterocycles. The maximum Gasteiger partial charge on any atom is 0.252 e. The highest BCUT2D eigenvalue weighted by atomic mass is 79.9. The van der Waals surface area contributed by atoms with E-state index < -0.39 is 0 Å². The average Bonchev–Trinajstić information content (AvgIpc) is 2.35. The van der Waals surface area contributed by atoms with Gasteiger partial charge in [-0.05, 0) is 60.7 Å². The Morgan fingerprint density at radius 3 is 2.67 bits per heavy atom. The van der Waals surface area contributed by atoms with Crippen molar-refractivity contribution in [1.29, 1.82) is 0 Å². The summed E-state index contributed by atoms with van der Waals surface area (Å²) in [5, 5.41) is 3.38. The number of hydrogen-bond donors (Lipinski definition) is 1. The highest BCUT2D eigenvalue weighted by Crippen LogP contribution is 2.24. The molecule has 1 aliphatic rings. The van der Waals surface area contributed by atoms with E-state index in [1.807, 2.05) is 25.1 Å². The molecule has 18 heavy (non-hydrogen) atoms. The van der Waals surface area contributed by atoms with E-state index in [4.69, 9.17) is 11.6 Å². The Balaban J connectivity index is 2.01. The molecule has 1 saturated carbocycles. The lowest BCUT2D eigenvalue weighted by atomic mass is 9.95. The second-order valence-electron chi connectivity index (χ2n) is 4.91. The number of halogens is 2. The summed E-state index contributed by atoms with van der Waals surface area (Å²) in [5.41, 5.74) is 1.80. The summed E-state index contributed by atoms with van der Waals surface area (Å²) >= 11 is 9.48. The van der Waals surface area contributed by atoms with Crippen LogP contribution in [0.4, 0.5) is 0 Å². The minimum absolute atomic E-state index is 0.00333. The van der Waals surface area contributed by atoms with Gasteiger partial charge in [0.1, 0.15) is 0 Å². The summed E-state index contributed by atoms with van der Waals surface area (Å²) in [6, 6.07) is 6.08. The maximum atomic E-state index is 12.2. The van der Waals surface area contributed by atoms with Crippen molar-refractivity contribution < 1.29 is 4.79 Å². The number of amides is 1. The molecule has 2 rings (SSSR count). The molecule has 0 heterocycles. The van der Waals surface area contributed by atoms with E-state index in [-0.39, 0.29) is 17.3 Å². The summed E-state index contributed by atoms with van der Waals surface area (Å²) in [4.78, 5) is 12.2. The minimum Gasteiger partial charge on any atom is -0.349 e. The molecule has 1 aromatic carbocycles. The van der Waals surface area contributed by atoms with Gasteiger partial charge in [0.25, 0.3) is 5.91 Å². The first-order valence-electron chi connectivity index (χ1n) is 6.27. The molecule has 0 aromatic heterocycles. The molecule has 4 heteroatoms. The fourth-order valence-corrected chi connectivity index (χ4v) is 2.95. The lowest BCUT2D eigenvalue weighted by molar-refractivity contribution is 0.0927. The molecule has 1 N–H and O–H groups in total. The molecule has 1 aromatic rings. The number of benzene rings is 1. The third-order valence-electron chi connectivity index (χ3n) is 3.36. The summed E-state index contributed by atoms with van der Waals surface area (Å²) in [5.74, 6) is 0.00333. The highest BCUT2D eigenvalue weighted by molar-refractivity contribution is 9.10. The fraction of sp³-hybridized carbons (Fsp3) is 0.500. The zero-order valence-corrected chi connectivity index (χ0v) is 12.7. The van der Waals surface area contributed by atoms with Crippen LogP contribution in [-0.4, -0.2) is 17.3 Å². The van der Waals surface area contributed by atoms with Gasteiger partial charge in [-0.3, -0.25) is 4.79 Å². The van der Waals surface area contributed by atoms with E-state index in [9.17, 15) is 4.79 Å². The Morgan fingerprint density at radius 2 is 2.00 bits per heavy atom. The number of carbonyl (C=O) groups is 1. The summed E-state index contributed by atoms with van der Waals surface area (Å²) in [6.45, 7) is 1.99. The monoisotopic (exact) mass is 329 g/mol. The number of carbonyl (C=O) groups excluding carboxylic acids is 1. The fourth-order valence-electron chi connectivity index (χ4n) is 2.27. The van der Waals surface area contributed by atoms with Crippen molar-refractivity contribution in [2.75, 3.05) is 0 Å². The molecular weight excluding hydrogens is 314 g/mol. The van der Waals surface area contributed by atoms with Crippen LogP contribution >= 0.6 is 27.5 Å². The van der Waals surface area contributed by atoms with Gasteiger partial charge < -0.3 is 5.32 Å². The molecular formula is C14H17BrClNO. The van der Waals surface area contributed by atoms with E-state index in [2.05, 4.69) is 21.2 Å². The van der Waals surface area contributed by atoms with Crippen molar-refractivity contribution in [1.82, 2.24) is 5.32 Å². The van der Waals surface area contributed by atoms with Crippen molar-refractivity contribution in [3.8, 4) is 0 Å². The van der Waals surface area contributed by atoms with Crippen molar-refractivity contribution in [2.45, 2.75) is 44.0 Å². The molecule has 2 nitrogen and oxygen atoms in total. The van der Waals surface area contributed by atoms with Gasteiger partial charge in [0, 0.05) is 15.9 Å². The largest absolute Gasteiger partial charge is 0.349 e. The van der Waals surface area contributed by atoms with Gasteiger partial charge in [0.15, 0.2) is 0 Å². The van der Waals surface area contributed by atoms with Gasteiger partial charge in [-0.2, -0.15) is 0 Å². The lowest BCUT2D eigenvalue weighted by Crippen LogP contribution is -2.38. The van der Waals surface area contributed by atoms with Crippen molar-refractivity contribution in [3.63, 3.8) is 0 Å². The Labute approximate surface area is 121 Å². The summed E-state index contributed by atoms with van der Waals surface area (Å²) in [6.07, 6.45) is 3.93. The van der Waals surface area contributed by atoms with Gasteiger partial charge in [0.2, 0.25) is 0 Å². The molecule has 0 spiro atoms. The molecule has 1 aliphatic carbocycles. The van der Waals surface area contributed by atoms with Crippen LogP contribution in [0.1, 0.15) is 41.6 Å². The van der Waals surface area contributed by atoms with E-state index in [1.165, 1.54) is 0 Å². The van der Waals surface area contributed by atoms with E-state index >= 15 is 0 Å². The normalized spacial score (nSPS) is 23.7. The molecule has 0 unspecified atom stereocenters. The standard InChI is InChI=1S/C14H17BrClNO/c1-9-2-7-13(15)12(8-9)14(18)17-11-5-3-10(16)4-6-11/h2,7-8,10-11H,3-6H2,1H3,(H,17,18). The smallest absolute Gasteiger partial charge is 0.252 e. The van der Waals surface area contributed by atoms with Gasteiger partial charge in [0.05, 0.1) is 5.56 Å². The number of aryl methyl sites for hydroxylation is 1. The van der Waals surface area contributed by atoms with Gasteiger partial charge in [-0.25, -0.2) is 0 Å². The SMILES string of the molecule is Cc1ccc(Br)c(C(=O)NC2CCC(Cl)CC2)c1. The molecule has 1 fully saturated rings. The Morgan fingerprint density at radius 1 is 1.33 bits per heavy atom. The first-order chi connectivity index (χ1) is 8.56. The first-order valence-corrected chi connectivity index (χ1v) is 7.50. The number of rotatable bonds is 2. The van der Waals surface area contributed by atoms with E-state index in [0.29, 0.717) is 5.56 Å².